The molecule has 20 heavy (non-hydrogen) atoms. The molecule has 0 amide bonds. The number of nitrogens with zero attached hydrogens (tertiary/aromatic N) is 1. The normalized spacial score (nSPS) is 12.4. The topological polar surface area (TPSA) is 28.4 Å². The lowest BCUT2D eigenvalue weighted by Gasteiger charge is -2.34. The zero-order valence-corrected chi connectivity index (χ0v) is 13.9. The van der Waals surface area contributed by atoms with E-state index in [4.69, 9.17) is 4.42 Å². The summed E-state index contributed by atoms with van der Waals surface area (Å²) in [6.45, 7) is 19.4. The summed E-state index contributed by atoms with van der Waals surface area (Å²) in [5.41, 5.74) is 1.39. The lowest BCUT2D eigenvalue weighted by Crippen LogP contribution is -2.40. The van der Waals surface area contributed by atoms with E-state index in [1.54, 1.807) is 0 Å². The molecule has 3 nitrogen and oxygen atoms in total. The Bertz CT molecular complexity index is 427. The molecular formula is C17H30N2O. The summed E-state index contributed by atoms with van der Waals surface area (Å²) >= 11 is 0. The quantitative estimate of drug-likeness (QED) is 0.767. The first kappa shape index (κ1) is 17.0. The number of rotatable bonds is 7. The molecule has 0 fully saturated rings. The highest BCUT2D eigenvalue weighted by Gasteiger charge is 2.22. The molecule has 1 rings (SSSR count). The third-order valence-corrected chi connectivity index (χ3v) is 3.42. The number of aryl methyl sites for hydroxylation is 1. The molecule has 1 aromatic heterocycles. The first-order valence-electron chi connectivity index (χ1n) is 7.41. The van der Waals surface area contributed by atoms with E-state index in [-0.39, 0.29) is 5.54 Å². The van der Waals surface area contributed by atoms with Gasteiger partial charge < -0.3 is 9.73 Å². The number of hydrogen-bond acceptors (Lipinski definition) is 3. The van der Waals surface area contributed by atoms with Gasteiger partial charge in [-0.25, -0.2) is 0 Å². The van der Waals surface area contributed by atoms with Crippen LogP contribution in [0.15, 0.2) is 23.1 Å². The van der Waals surface area contributed by atoms with E-state index in [2.05, 4.69) is 57.5 Å². The molecule has 0 saturated heterocycles. The van der Waals surface area contributed by atoms with Crippen molar-refractivity contribution in [2.24, 2.45) is 0 Å². The number of furan rings is 1. The minimum Gasteiger partial charge on any atom is -0.465 e. The van der Waals surface area contributed by atoms with Gasteiger partial charge in [0.25, 0.3) is 0 Å². The Morgan fingerprint density at radius 1 is 1.40 bits per heavy atom. The van der Waals surface area contributed by atoms with Crippen molar-refractivity contribution in [1.82, 2.24) is 10.2 Å². The minimum atomic E-state index is 0.119. The maximum absolute atomic E-state index is 5.84. The monoisotopic (exact) mass is 278 g/mol. The van der Waals surface area contributed by atoms with E-state index in [0.717, 1.165) is 31.2 Å². The molecule has 0 aliphatic rings. The molecule has 0 bridgehead atoms. The van der Waals surface area contributed by atoms with Crippen LogP contribution in [0.1, 0.15) is 51.7 Å². The van der Waals surface area contributed by atoms with Crippen LogP contribution in [-0.4, -0.2) is 23.0 Å². The third-order valence-electron chi connectivity index (χ3n) is 3.42. The second-order valence-electron chi connectivity index (χ2n) is 6.67. The highest BCUT2D eigenvalue weighted by molar-refractivity contribution is 5.21. The second kappa shape index (κ2) is 7.09. The van der Waals surface area contributed by atoms with Crippen LogP contribution >= 0.6 is 0 Å². The van der Waals surface area contributed by atoms with Gasteiger partial charge >= 0.3 is 0 Å². The Balaban J connectivity index is 2.77. The van der Waals surface area contributed by atoms with Gasteiger partial charge in [0.05, 0.1) is 6.54 Å². The molecular weight excluding hydrogens is 248 g/mol. The van der Waals surface area contributed by atoms with E-state index in [0.29, 0.717) is 6.04 Å². The standard InChI is InChI=1S/C17H30N2O/c1-8-9-19(17(5,6)7)12-15-10-16(20-14(15)4)11-18-13(2)3/h8,10,13,18H,1,9,11-12H2,2-7H3. The van der Waals surface area contributed by atoms with Gasteiger partial charge in [-0.05, 0) is 33.8 Å². The molecule has 0 aliphatic carbocycles. The molecule has 0 radical (unpaired) electrons. The summed E-state index contributed by atoms with van der Waals surface area (Å²) in [6, 6.07) is 2.64. The lowest BCUT2D eigenvalue weighted by atomic mass is 10.0. The highest BCUT2D eigenvalue weighted by atomic mass is 16.3. The third kappa shape index (κ3) is 5.14. The van der Waals surface area contributed by atoms with Crippen LogP contribution in [0.2, 0.25) is 0 Å². The Hall–Kier alpha value is -1.06. The average Bonchev–Trinajstić information content (AvgIpc) is 2.66. The predicted molar refractivity (Wildman–Crippen MR) is 85.8 cm³/mol. The number of nitrogens with one attached hydrogen (secondary N) is 1. The largest absolute Gasteiger partial charge is 0.465 e. The summed E-state index contributed by atoms with van der Waals surface area (Å²) in [7, 11) is 0. The molecule has 0 saturated carbocycles. The maximum atomic E-state index is 5.84. The summed E-state index contributed by atoms with van der Waals surface area (Å²) in [4.78, 5) is 2.40. The molecule has 0 aliphatic heterocycles. The van der Waals surface area contributed by atoms with Gasteiger partial charge in [-0.1, -0.05) is 19.9 Å². The fourth-order valence-electron chi connectivity index (χ4n) is 2.07. The van der Waals surface area contributed by atoms with Gasteiger partial charge in [0.15, 0.2) is 0 Å². The molecule has 1 heterocycles. The van der Waals surface area contributed by atoms with Crippen LogP contribution < -0.4 is 5.32 Å². The van der Waals surface area contributed by atoms with Gasteiger partial charge in [-0.3, -0.25) is 4.90 Å². The summed E-state index contributed by atoms with van der Waals surface area (Å²) in [5.74, 6) is 2.03. The Morgan fingerprint density at radius 3 is 2.55 bits per heavy atom. The molecule has 0 spiro atoms. The molecule has 3 heteroatoms. The first-order chi connectivity index (χ1) is 9.24. The molecule has 0 aromatic carbocycles. The van der Waals surface area contributed by atoms with Gasteiger partial charge in [0, 0.05) is 30.2 Å². The van der Waals surface area contributed by atoms with Gasteiger partial charge in [-0.15, -0.1) is 6.58 Å². The van der Waals surface area contributed by atoms with Crippen LogP contribution in [0.5, 0.6) is 0 Å². The van der Waals surface area contributed by atoms with Crippen molar-refractivity contribution in [3.8, 4) is 0 Å². The van der Waals surface area contributed by atoms with Crippen molar-refractivity contribution < 1.29 is 4.42 Å². The summed E-state index contributed by atoms with van der Waals surface area (Å²) in [6.07, 6.45) is 1.96. The SMILES string of the molecule is C=CCN(Cc1cc(CNC(C)C)oc1C)C(C)(C)C. The second-order valence-corrected chi connectivity index (χ2v) is 6.67. The number of hydrogen-bond donors (Lipinski definition) is 1. The van der Waals surface area contributed by atoms with Crippen LogP contribution in [-0.2, 0) is 13.1 Å². The smallest absolute Gasteiger partial charge is 0.118 e. The Kier molecular flexibility index (Phi) is 6.03. The highest BCUT2D eigenvalue weighted by Crippen LogP contribution is 2.21. The summed E-state index contributed by atoms with van der Waals surface area (Å²) < 4.78 is 5.84. The van der Waals surface area contributed by atoms with E-state index in [9.17, 15) is 0 Å². The van der Waals surface area contributed by atoms with Crippen LogP contribution in [0.3, 0.4) is 0 Å². The predicted octanol–water partition coefficient (Wildman–Crippen LogP) is 3.87. The van der Waals surface area contributed by atoms with Crippen molar-refractivity contribution >= 4 is 0 Å². The Morgan fingerprint density at radius 2 is 2.05 bits per heavy atom. The van der Waals surface area contributed by atoms with Crippen molar-refractivity contribution in [3.63, 3.8) is 0 Å². The van der Waals surface area contributed by atoms with Crippen molar-refractivity contribution in [3.05, 3.63) is 35.8 Å². The van der Waals surface area contributed by atoms with Gasteiger partial charge in [0.1, 0.15) is 11.5 Å². The molecule has 1 N–H and O–H groups in total. The van der Waals surface area contributed by atoms with Gasteiger partial charge in [-0.2, -0.15) is 0 Å². The molecule has 114 valence electrons. The van der Waals surface area contributed by atoms with Crippen LogP contribution in [0, 0.1) is 6.92 Å². The van der Waals surface area contributed by atoms with Crippen molar-refractivity contribution in [2.75, 3.05) is 6.54 Å². The first-order valence-corrected chi connectivity index (χ1v) is 7.41. The van der Waals surface area contributed by atoms with E-state index in [1.807, 2.05) is 13.0 Å². The summed E-state index contributed by atoms with van der Waals surface area (Å²) in [5, 5.41) is 3.39. The van der Waals surface area contributed by atoms with Gasteiger partial charge in [0.2, 0.25) is 0 Å². The van der Waals surface area contributed by atoms with E-state index < -0.39 is 0 Å². The fraction of sp³-hybridized carbons (Fsp3) is 0.647. The lowest BCUT2D eigenvalue weighted by molar-refractivity contribution is 0.144. The van der Waals surface area contributed by atoms with Crippen LogP contribution in [0.25, 0.3) is 0 Å². The van der Waals surface area contributed by atoms with Crippen molar-refractivity contribution in [2.45, 2.75) is 66.2 Å². The average molecular weight is 278 g/mol. The maximum Gasteiger partial charge on any atom is 0.118 e. The van der Waals surface area contributed by atoms with Crippen molar-refractivity contribution in [1.29, 1.82) is 0 Å². The molecule has 0 atom stereocenters. The van der Waals surface area contributed by atoms with E-state index >= 15 is 0 Å². The zero-order chi connectivity index (χ0) is 15.3. The van der Waals surface area contributed by atoms with Crippen LogP contribution in [0.4, 0.5) is 0 Å². The molecule has 0 unspecified atom stereocenters. The molecule has 1 aromatic rings. The Labute approximate surface area is 124 Å². The minimum absolute atomic E-state index is 0.119. The zero-order valence-electron chi connectivity index (χ0n) is 13.9. The van der Waals surface area contributed by atoms with E-state index in [1.165, 1.54) is 5.56 Å². The fourth-order valence-corrected chi connectivity index (χ4v) is 2.07.